The zero-order chi connectivity index (χ0) is 11.7. The minimum Gasteiger partial charge on any atom is -0.353 e. The number of ketones is 1. The number of ether oxygens (including phenoxy) is 1. The summed E-state index contributed by atoms with van der Waals surface area (Å²) in [5.41, 5.74) is 0.698. The fourth-order valence-corrected chi connectivity index (χ4v) is 2.92. The second-order valence-electron chi connectivity index (χ2n) is 5.14. The first-order chi connectivity index (χ1) is 8.33. The monoisotopic (exact) mass is 230 g/mol. The molecule has 1 spiro atoms. The summed E-state index contributed by atoms with van der Waals surface area (Å²) in [6.45, 7) is 0. The van der Waals surface area contributed by atoms with Gasteiger partial charge in [-0.05, 0) is 24.8 Å². The summed E-state index contributed by atoms with van der Waals surface area (Å²) in [5, 5.41) is 0. The van der Waals surface area contributed by atoms with Crippen LogP contribution in [0.1, 0.15) is 50.2 Å². The lowest BCUT2D eigenvalue weighted by Gasteiger charge is -2.15. The van der Waals surface area contributed by atoms with Gasteiger partial charge in [0.25, 0.3) is 0 Å². The van der Waals surface area contributed by atoms with Gasteiger partial charge in [-0.2, -0.15) is 0 Å². The first kappa shape index (κ1) is 11.0. The molecule has 1 saturated heterocycles. The largest absolute Gasteiger partial charge is 0.353 e. The van der Waals surface area contributed by atoms with Crippen molar-refractivity contribution in [3.63, 3.8) is 0 Å². The Morgan fingerprint density at radius 1 is 1.06 bits per heavy atom. The van der Waals surface area contributed by atoms with Gasteiger partial charge in [-0.3, -0.25) is 4.79 Å². The highest BCUT2D eigenvalue weighted by Crippen LogP contribution is 2.54. The summed E-state index contributed by atoms with van der Waals surface area (Å²) < 4.78 is 5.83. The molecule has 2 aliphatic rings. The van der Waals surface area contributed by atoms with E-state index in [2.05, 4.69) is 12.1 Å². The second-order valence-corrected chi connectivity index (χ2v) is 5.14. The van der Waals surface area contributed by atoms with Gasteiger partial charge >= 0.3 is 0 Å². The van der Waals surface area contributed by atoms with E-state index < -0.39 is 5.60 Å². The molecule has 0 radical (unpaired) electrons. The van der Waals surface area contributed by atoms with Crippen LogP contribution in [0.5, 0.6) is 0 Å². The second kappa shape index (κ2) is 4.26. The molecular formula is C15H18O2. The Morgan fingerprint density at radius 2 is 1.82 bits per heavy atom. The molecule has 3 rings (SSSR count). The van der Waals surface area contributed by atoms with Crippen molar-refractivity contribution in [3.8, 4) is 0 Å². The highest BCUT2D eigenvalue weighted by Gasteiger charge is 2.61. The van der Waals surface area contributed by atoms with Gasteiger partial charge in [0.2, 0.25) is 0 Å². The van der Waals surface area contributed by atoms with Crippen molar-refractivity contribution >= 4 is 5.78 Å². The van der Waals surface area contributed by atoms with Crippen LogP contribution in [-0.4, -0.2) is 11.4 Å². The minimum absolute atomic E-state index is 0.0225. The van der Waals surface area contributed by atoms with Crippen LogP contribution in [0.25, 0.3) is 0 Å². The molecule has 1 saturated carbocycles. The van der Waals surface area contributed by atoms with E-state index in [-0.39, 0.29) is 6.10 Å². The predicted octanol–water partition coefficient (Wildman–Crippen LogP) is 3.42. The number of epoxide rings is 1. The first-order valence-electron chi connectivity index (χ1n) is 6.59. The van der Waals surface area contributed by atoms with Gasteiger partial charge in [0.15, 0.2) is 11.4 Å². The van der Waals surface area contributed by atoms with Crippen LogP contribution in [0.4, 0.5) is 0 Å². The lowest BCUT2D eigenvalue weighted by atomic mass is 9.85. The number of rotatable bonds is 1. The Bertz CT molecular complexity index is 412. The first-order valence-corrected chi connectivity index (χ1v) is 6.59. The third-order valence-electron chi connectivity index (χ3n) is 3.97. The zero-order valence-corrected chi connectivity index (χ0v) is 10.0. The molecule has 0 bridgehead atoms. The summed E-state index contributed by atoms with van der Waals surface area (Å²) in [4.78, 5) is 12.2. The maximum atomic E-state index is 12.2. The third-order valence-corrected chi connectivity index (χ3v) is 3.97. The molecule has 0 unspecified atom stereocenters. The molecule has 1 aliphatic heterocycles. The molecule has 0 amide bonds. The van der Waals surface area contributed by atoms with E-state index in [1.54, 1.807) is 0 Å². The molecule has 0 aromatic heterocycles. The SMILES string of the molecule is O=C1CCCCCC[C@@]12O[C@@H]2c1ccccc1. The Morgan fingerprint density at radius 3 is 2.65 bits per heavy atom. The van der Waals surface area contributed by atoms with E-state index in [1.807, 2.05) is 18.2 Å². The van der Waals surface area contributed by atoms with Crippen molar-refractivity contribution in [3.05, 3.63) is 35.9 Å². The smallest absolute Gasteiger partial charge is 0.167 e. The summed E-state index contributed by atoms with van der Waals surface area (Å²) in [5.74, 6) is 0.325. The van der Waals surface area contributed by atoms with E-state index >= 15 is 0 Å². The van der Waals surface area contributed by atoms with Crippen molar-refractivity contribution in [2.75, 3.05) is 0 Å². The van der Waals surface area contributed by atoms with Crippen LogP contribution < -0.4 is 0 Å². The van der Waals surface area contributed by atoms with E-state index in [4.69, 9.17) is 4.74 Å². The molecule has 0 N–H and O–H groups in total. The molecule has 2 fully saturated rings. The van der Waals surface area contributed by atoms with Crippen LogP contribution in [0, 0.1) is 0 Å². The van der Waals surface area contributed by atoms with Gasteiger partial charge < -0.3 is 4.74 Å². The van der Waals surface area contributed by atoms with Crippen molar-refractivity contribution in [1.82, 2.24) is 0 Å². The lowest BCUT2D eigenvalue weighted by Crippen LogP contribution is -2.26. The number of benzene rings is 1. The molecule has 2 atom stereocenters. The van der Waals surface area contributed by atoms with Crippen molar-refractivity contribution in [2.45, 2.75) is 50.2 Å². The molecule has 90 valence electrons. The average molecular weight is 230 g/mol. The lowest BCUT2D eigenvalue weighted by molar-refractivity contribution is -0.124. The van der Waals surface area contributed by atoms with Crippen molar-refractivity contribution in [1.29, 1.82) is 0 Å². The summed E-state index contributed by atoms with van der Waals surface area (Å²) >= 11 is 0. The fraction of sp³-hybridized carbons (Fsp3) is 0.533. The molecule has 1 heterocycles. The third kappa shape index (κ3) is 1.91. The topological polar surface area (TPSA) is 29.6 Å². The molecule has 2 nitrogen and oxygen atoms in total. The van der Waals surface area contributed by atoms with Gasteiger partial charge in [0.1, 0.15) is 6.10 Å². The number of carbonyl (C=O) groups is 1. The zero-order valence-electron chi connectivity index (χ0n) is 10.0. The molecule has 2 heteroatoms. The summed E-state index contributed by atoms with van der Waals surface area (Å²) in [6.07, 6.45) is 6.21. The summed E-state index contributed by atoms with van der Waals surface area (Å²) in [6, 6.07) is 10.1. The molecule has 1 aromatic rings. The van der Waals surface area contributed by atoms with Gasteiger partial charge in [-0.25, -0.2) is 0 Å². The standard InChI is InChI=1S/C15H18O2/c16-13-10-6-1-2-7-11-15(13)14(17-15)12-8-4-3-5-9-12/h3-5,8-9,14H,1-2,6-7,10-11H2/t14-,15-/m1/s1. The molecular weight excluding hydrogens is 212 g/mol. The van der Waals surface area contributed by atoms with E-state index in [0.29, 0.717) is 12.2 Å². The number of hydrogen-bond donors (Lipinski definition) is 0. The van der Waals surface area contributed by atoms with Gasteiger partial charge in [-0.1, -0.05) is 43.2 Å². The average Bonchev–Trinajstić information content (AvgIpc) is 3.09. The van der Waals surface area contributed by atoms with Gasteiger partial charge in [0, 0.05) is 6.42 Å². The Kier molecular flexibility index (Phi) is 2.75. The number of carbonyl (C=O) groups excluding carboxylic acids is 1. The maximum absolute atomic E-state index is 12.2. The van der Waals surface area contributed by atoms with E-state index in [9.17, 15) is 4.79 Å². The Balaban J connectivity index is 1.81. The number of hydrogen-bond acceptors (Lipinski definition) is 2. The van der Waals surface area contributed by atoms with Crippen LogP contribution in [0.3, 0.4) is 0 Å². The number of Topliss-reactive ketones (excluding diaryl/α,β-unsaturated/α-hetero) is 1. The molecule has 1 aromatic carbocycles. The predicted molar refractivity (Wildman–Crippen MR) is 65.7 cm³/mol. The molecule has 1 aliphatic carbocycles. The van der Waals surface area contributed by atoms with Crippen LogP contribution in [-0.2, 0) is 9.53 Å². The van der Waals surface area contributed by atoms with Crippen LogP contribution in [0.15, 0.2) is 30.3 Å². The van der Waals surface area contributed by atoms with Crippen molar-refractivity contribution in [2.24, 2.45) is 0 Å². The molecule has 17 heavy (non-hydrogen) atoms. The Hall–Kier alpha value is -1.15. The minimum atomic E-state index is -0.457. The fourth-order valence-electron chi connectivity index (χ4n) is 2.92. The highest BCUT2D eigenvalue weighted by molar-refractivity contribution is 5.91. The normalized spacial score (nSPS) is 33.2. The highest BCUT2D eigenvalue weighted by atomic mass is 16.6. The van der Waals surface area contributed by atoms with Crippen LogP contribution >= 0.6 is 0 Å². The Labute approximate surface area is 102 Å². The van der Waals surface area contributed by atoms with Crippen molar-refractivity contribution < 1.29 is 9.53 Å². The van der Waals surface area contributed by atoms with Gasteiger partial charge in [0.05, 0.1) is 0 Å². The van der Waals surface area contributed by atoms with Gasteiger partial charge in [-0.15, -0.1) is 0 Å². The summed E-state index contributed by atoms with van der Waals surface area (Å²) in [7, 11) is 0. The van der Waals surface area contributed by atoms with Crippen LogP contribution in [0.2, 0.25) is 0 Å². The van der Waals surface area contributed by atoms with E-state index in [0.717, 1.165) is 24.8 Å². The van der Waals surface area contributed by atoms with E-state index in [1.165, 1.54) is 12.8 Å². The quantitative estimate of drug-likeness (QED) is 0.692. The maximum Gasteiger partial charge on any atom is 0.167 e.